The number of sulfonamides is 1. The number of morpholine rings is 1. The third kappa shape index (κ3) is 4.62. The molecule has 1 aromatic carbocycles. The van der Waals surface area contributed by atoms with Gasteiger partial charge >= 0.3 is 0 Å². The molecule has 0 aliphatic carbocycles. The Bertz CT molecular complexity index is 960. The molecule has 3 rings (SSSR count). The predicted octanol–water partition coefficient (Wildman–Crippen LogP) is 2.23. The van der Waals surface area contributed by atoms with E-state index < -0.39 is 15.9 Å². The van der Waals surface area contributed by atoms with Crippen LogP contribution in [0.5, 0.6) is 0 Å². The van der Waals surface area contributed by atoms with Gasteiger partial charge in [0.25, 0.3) is 5.91 Å². The first kappa shape index (κ1) is 19.7. The zero-order valence-corrected chi connectivity index (χ0v) is 16.8. The van der Waals surface area contributed by atoms with E-state index in [0.29, 0.717) is 32.0 Å². The van der Waals surface area contributed by atoms with Crippen LogP contribution < -0.4 is 5.43 Å². The fourth-order valence-corrected chi connectivity index (χ4v) is 4.88. The molecule has 7 nitrogen and oxygen atoms in total. The Balaban J connectivity index is 1.75. The second-order valence-electron chi connectivity index (χ2n) is 6.09. The maximum absolute atomic E-state index is 12.7. The molecule has 1 fully saturated rings. The van der Waals surface area contributed by atoms with E-state index in [1.54, 1.807) is 23.5 Å². The number of hydrogen-bond acceptors (Lipinski definition) is 6. The lowest BCUT2D eigenvalue weighted by molar-refractivity contribution is 0.0730. The fraction of sp³-hybridized carbons (Fsp3) is 0.333. The maximum Gasteiger partial charge on any atom is 0.271 e. The van der Waals surface area contributed by atoms with Crippen molar-refractivity contribution in [1.82, 2.24) is 9.73 Å². The highest BCUT2D eigenvalue weighted by Gasteiger charge is 2.26. The normalized spacial score (nSPS) is 16.3. The molecule has 1 aliphatic rings. The van der Waals surface area contributed by atoms with E-state index in [9.17, 15) is 13.2 Å². The van der Waals surface area contributed by atoms with Crippen molar-refractivity contribution in [1.29, 1.82) is 0 Å². The molecule has 2 heterocycles. The molecule has 144 valence electrons. The Kier molecular flexibility index (Phi) is 6.05. The van der Waals surface area contributed by atoms with Crippen LogP contribution in [0.25, 0.3) is 0 Å². The second-order valence-corrected chi connectivity index (χ2v) is 9.32. The summed E-state index contributed by atoms with van der Waals surface area (Å²) in [4.78, 5) is 14.6. The summed E-state index contributed by atoms with van der Waals surface area (Å²) in [6, 6.07) is 9.92. The van der Waals surface area contributed by atoms with E-state index in [-0.39, 0.29) is 10.5 Å². The molecule has 1 aromatic heterocycles. The molecule has 0 spiro atoms. The van der Waals surface area contributed by atoms with Gasteiger partial charge in [-0.05, 0) is 44.2 Å². The number of nitrogens with one attached hydrogen (secondary N) is 1. The van der Waals surface area contributed by atoms with Crippen molar-refractivity contribution in [3.63, 3.8) is 0 Å². The fourth-order valence-electron chi connectivity index (χ4n) is 2.62. The van der Waals surface area contributed by atoms with Crippen molar-refractivity contribution in [2.24, 2.45) is 5.10 Å². The molecule has 1 aliphatic heterocycles. The maximum atomic E-state index is 12.7. The van der Waals surface area contributed by atoms with Crippen molar-refractivity contribution in [3.8, 4) is 0 Å². The minimum atomic E-state index is -3.65. The van der Waals surface area contributed by atoms with Gasteiger partial charge in [-0.3, -0.25) is 4.79 Å². The summed E-state index contributed by atoms with van der Waals surface area (Å²) in [5, 5.41) is 4.12. The number of hydrogen-bond donors (Lipinski definition) is 1. The second kappa shape index (κ2) is 8.30. The number of carbonyl (C=O) groups is 1. The van der Waals surface area contributed by atoms with Crippen molar-refractivity contribution < 1.29 is 17.9 Å². The first-order valence-electron chi connectivity index (χ1n) is 8.47. The topological polar surface area (TPSA) is 88.1 Å². The average molecular weight is 408 g/mol. The molecule has 0 bridgehead atoms. The zero-order chi connectivity index (χ0) is 19.4. The van der Waals surface area contributed by atoms with E-state index in [1.807, 2.05) is 26.0 Å². The summed E-state index contributed by atoms with van der Waals surface area (Å²) in [6.07, 6.45) is 0. The first-order valence-corrected chi connectivity index (χ1v) is 10.7. The zero-order valence-electron chi connectivity index (χ0n) is 15.1. The SMILES string of the molecule is C/C(=N/NC(=O)c1cccc(S(=O)(=O)N2CCOCC2)c1)c1ccc(C)s1. The first-order chi connectivity index (χ1) is 12.9. The van der Waals surface area contributed by atoms with Gasteiger partial charge in [0.2, 0.25) is 10.0 Å². The van der Waals surface area contributed by atoms with Crippen molar-refractivity contribution in [3.05, 3.63) is 51.7 Å². The average Bonchev–Trinajstić information content (AvgIpc) is 3.13. The summed E-state index contributed by atoms with van der Waals surface area (Å²) in [5.41, 5.74) is 3.42. The summed E-state index contributed by atoms with van der Waals surface area (Å²) >= 11 is 1.59. The molecule has 0 atom stereocenters. The van der Waals surface area contributed by atoms with Crippen LogP contribution >= 0.6 is 11.3 Å². The Hall–Kier alpha value is -2.07. The molecule has 2 aromatic rings. The smallest absolute Gasteiger partial charge is 0.271 e. The summed E-state index contributed by atoms with van der Waals surface area (Å²) in [5.74, 6) is -0.457. The quantitative estimate of drug-likeness (QED) is 0.608. The van der Waals surface area contributed by atoms with Crippen LogP contribution in [-0.4, -0.2) is 50.6 Å². The largest absolute Gasteiger partial charge is 0.379 e. The number of thiophene rings is 1. The Morgan fingerprint density at radius 1 is 1.22 bits per heavy atom. The van der Waals surface area contributed by atoms with Gasteiger partial charge in [-0.25, -0.2) is 13.8 Å². The van der Waals surface area contributed by atoms with E-state index in [0.717, 1.165) is 9.75 Å². The molecular formula is C18H21N3O4S2. The molecule has 0 radical (unpaired) electrons. The molecule has 0 saturated carbocycles. The van der Waals surface area contributed by atoms with Gasteiger partial charge in [0.15, 0.2) is 0 Å². The number of carbonyl (C=O) groups excluding carboxylic acids is 1. The number of amides is 1. The molecular weight excluding hydrogens is 386 g/mol. The predicted molar refractivity (Wildman–Crippen MR) is 105 cm³/mol. The van der Waals surface area contributed by atoms with E-state index in [4.69, 9.17) is 4.74 Å². The van der Waals surface area contributed by atoms with Crippen LogP contribution in [0.15, 0.2) is 46.4 Å². The standard InChI is InChI=1S/C18H21N3O4S2/c1-13-6-7-17(26-13)14(2)19-20-18(22)15-4-3-5-16(12-15)27(23,24)21-8-10-25-11-9-21/h3-7,12H,8-11H2,1-2H3,(H,20,22)/b19-14-. The highest BCUT2D eigenvalue weighted by molar-refractivity contribution is 7.89. The summed E-state index contributed by atoms with van der Waals surface area (Å²) < 4.78 is 32.0. The highest BCUT2D eigenvalue weighted by Crippen LogP contribution is 2.19. The summed E-state index contributed by atoms with van der Waals surface area (Å²) in [7, 11) is -3.65. The van der Waals surface area contributed by atoms with E-state index in [1.165, 1.54) is 16.4 Å². The third-order valence-electron chi connectivity index (χ3n) is 4.13. The van der Waals surface area contributed by atoms with E-state index in [2.05, 4.69) is 10.5 Å². The number of ether oxygens (including phenoxy) is 1. The van der Waals surface area contributed by atoms with Gasteiger partial charge < -0.3 is 4.74 Å². The van der Waals surface area contributed by atoms with Crippen LogP contribution in [0.3, 0.4) is 0 Å². The number of rotatable bonds is 5. The number of aryl methyl sites for hydroxylation is 1. The van der Waals surface area contributed by atoms with Crippen molar-refractivity contribution in [2.75, 3.05) is 26.3 Å². The highest BCUT2D eigenvalue weighted by atomic mass is 32.2. The van der Waals surface area contributed by atoms with Crippen LogP contribution in [-0.2, 0) is 14.8 Å². The lowest BCUT2D eigenvalue weighted by Crippen LogP contribution is -2.40. The Morgan fingerprint density at radius 2 is 1.96 bits per heavy atom. The van der Waals surface area contributed by atoms with Gasteiger partial charge in [0.1, 0.15) is 0 Å². The lowest BCUT2D eigenvalue weighted by Gasteiger charge is -2.26. The number of benzene rings is 1. The molecule has 9 heteroatoms. The van der Waals surface area contributed by atoms with Crippen molar-refractivity contribution >= 4 is 33.0 Å². The minimum absolute atomic E-state index is 0.0895. The van der Waals surface area contributed by atoms with E-state index >= 15 is 0 Å². The van der Waals surface area contributed by atoms with Gasteiger partial charge in [0, 0.05) is 23.5 Å². The molecule has 1 saturated heterocycles. The Morgan fingerprint density at radius 3 is 2.63 bits per heavy atom. The number of nitrogens with zero attached hydrogens (tertiary/aromatic N) is 2. The van der Waals surface area contributed by atoms with Crippen LogP contribution in [0.1, 0.15) is 27.0 Å². The van der Waals surface area contributed by atoms with Crippen LogP contribution in [0.2, 0.25) is 0 Å². The summed E-state index contributed by atoms with van der Waals surface area (Å²) in [6.45, 7) is 5.17. The molecule has 1 N–H and O–H groups in total. The van der Waals surface area contributed by atoms with Crippen LogP contribution in [0.4, 0.5) is 0 Å². The Labute approximate surface area is 162 Å². The van der Waals surface area contributed by atoms with Crippen LogP contribution in [0, 0.1) is 6.92 Å². The van der Waals surface area contributed by atoms with Gasteiger partial charge in [0.05, 0.1) is 28.7 Å². The number of hydrazone groups is 1. The van der Waals surface area contributed by atoms with Gasteiger partial charge in [-0.15, -0.1) is 11.3 Å². The third-order valence-corrected chi connectivity index (χ3v) is 7.13. The minimum Gasteiger partial charge on any atom is -0.379 e. The molecule has 0 unspecified atom stereocenters. The van der Waals surface area contributed by atoms with Gasteiger partial charge in [-0.1, -0.05) is 6.07 Å². The molecule has 1 amide bonds. The lowest BCUT2D eigenvalue weighted by atomic mass is 10.2. The molecule has 27 heavy (non-hydrogen) atoms. The van der Waals surface area contributed by atoms with Gasteiger partial charge in [-0.2, -0.15) is 9.41 Å². The monoisotopic (exact) mass is 407 g/mol. The van der Waals surface area contributed by atoms with Crippen molar-refractivity contribution in [2.45, 2.75) is 18.7 Å².